The van der Waals surface area contributed by atoms with Crippen molar-refractivity contribution >= 4 is 28.9 Å². The molecule has 3 rings (SSSR count). The monoisotopic (exact) mass is 431 g/mol. The van der Waals surface area contributed by atoms with Gasteiger partial charge < -0.3 is 20.3 Å². The fourth-order valence-electron chi connectivity index (χ4n) is 3.01. The average molecular weight is 432 g/mol. The van der Waals surface area contributed by atoms with E-state index in [2.05, 4.69) is 15.6 Å². The summed E-state index contributed by atoms with van der Waals surface area (Å²) in [6, 6.07) is 9.42. The van der Waals surface area contributed by atoms with Crippen LogP contribution in [0.5, 0.6) is 5.75 Å². The number of fused-ring (bicyclic) bond motifs is 1. The number of ether oxygens (including phenoxy) is 1. The molecule has 1 heterocycles. The zero-order valence-corrected chi connectivity index (χ0v) is 16.5. The van der Waals surface area contributed by atoms with Crippen molar-refractivity contribution < 1.29 is 19.9 Å². The van der Waals surface area contributed by atoms with Crippen LogP contribution < -0.4 is 15.4 Å². The van der Waals surface area contributed by atoms with Gasteiger partial charge in [-0.2, -0.15) is 5.26 Å². The molecule has 2 aromatic rings. The van der Waals surface area contributed by atoms with E-state index in [0.29, 0.717) is 10.7 Å². The number of aliphatic imine (C=N–C) groups is 1. The third-order valence-corrected chi connectivity index (χ3v) is 4.91. The topological polar surface area (TPSA) is 153 Å². The molecular weight excluding hydrogens is 414 g/mol. The molecule has 0 fully saturated rings. The third kappa shape index (κ3) is 4.28. The third-order valence-electron chi connectivity index (χ3n) is 4.65. The van der Waals surface area contributed by atoms with Gasteiger partial charge in [-0.05, 0) is 37.3 Å². The highest BCUT2D eigenvalue weighted by Gasteiger charge is 2.46. The summed E-state index contributed by atoms with van der Waals surface area (Å²) in [5, 5.41) is 46.7. The van der Waals surface area contributed by atoms with Crippen molar-refractivity contribution in [2.45, 2.75) is 24.7 Å². The number of rotatable bonds is 4. The van der Waals surface area contributed by atoms with Gasteiger partial charge in [-0.25, -0.2) is 4.99 Å². The molecule has 0 unspecified atom stereocenters. The second kappa shape index (κ2) is 8.54. The van der Waals surface area contributed by atoms with Crippen LogP contribution in [0, 0.1) is 21.6 Å². The molecule has 0 radical (unpaired) electrons. The van der Waals surface area contributed by atoms with Crippen LogP contribution >= 0.6 is 11.6 Å². The summed E-state index contributed by atoms with van der Waals surface area (Å²) in [6.07, 6.45) is 0.391. The molecule has 1 aliphatic heterocycles. The predicted octanol–water partition coefficient (Wildman–Crippen LogP) is 2.33. The first kappa shape index (κ1) is 21.3. The van der Waals surface area contributed by atoms with Crippen LogP contribution in [0.2, 0.25) is 5.02 Å². The number of hydrogen-bond acceptors (Lipinski definition) is 7. The molecule has 0 spiro atoms. The highest BCUT2D eigenvalue weighted by atomic mass is 35.5. The number of anilines is 1. The Bertz CT molecular complexity index is 1020. The summed E-state index contributed by atoms with van der Waals surface area (Å²) in [4.78, 5) is 15.0. The van der Waals surface area contributed by atoms with Crippen LogP contribution in [0.3, 0.4) is 0 Å². The molecule has 0 amide bonds. The van der Waals surface area contributed by atoms with E-state index in [9.17, 15) is 20.3 Å². The number of nitriles is 1. The number of halogens is 1. The molecule has 0 aliphatic carbocycles. The molecule has 2 aromatic carbocycles. The Kier molecular flexibility index (Phi) is 6.07. The van der Waals surface area contributed by atoms with Crippen LogP contribution in [0.4, 0.5) is 11.4 Å². The molecule has 1 aliphatic rings. The lowest BCUT2D eigenvalue weighted by molar-refractivity contribution is -0.385. The van der Waals surface area contributed by atoms with Gasteiger partial charge in [-0.3, -0.25) is 15.4 Å². The van der Waals surface area contributed by atoms with Gasteiger partial charge in [0, 0.05) is 28.4 Å². The summed E-state index contributed by atoms with van der Waals surface area (Å²) < 4.78 is 5.71. The number of aliphatic hydroxyl groups excluding tert-OH is 2. The molecule has 4 N–H and O–H groups in total. The SMILES string of the molecule is C[C@]1(CO)Oc2ccc([N+](=O)[O-])cc2[C@@H](N=C(NC#N)Nc2ccc(Cl)cc2)[C@@H]1O. The Morgan fingerprint density at radius 2 is 2.10 bits per heavy atom. The van der Waals surface area contributed by atoms with E-state index in [1.54, 1.807) is 30.5 Å². The Morgan fingerprint density at radius 1 is 1.40 bits per heavy atom. The number of nitrogens with one attached hydrogen (secondary N) is 2. The lowest BCUT2D eigenvalue weighted by atomic mass is 9.86. The second-order valence-electron chi connectivity index (χ2n) is 6.79. The first-order chi connectivity index (χ1) is 14.3. The molecule has 11 heteroatoms. The first-order valence-electron chi connectivity index (χ1n) is 8.79. The van der Waals surface area contributed by atoms with E-state index in [0.717, 1.165) is 0 Å². The van der Waals surface area contributed by atoms with Crippen molar-refractivity contribution in [3.63, 3.8) is 0 Å². The Balaban J connectivity index is 2.07. The largest absolute Gasteiger partial charge is 0.482 e. The maximum absolute atomic E-state index is 11.2. The number of hydrogen-bond donors (Lipinski definition) is 4. The van der Waals surface area contributed by atoms with Gasteiger partial charge in [0.05, 0.1) is 11.5 Å². The molecular formula is C19H18ClN5O5. The van der Waals surface area contributed by atoms with Crippen molar-refractivity contribution in [2.75, 3.05) is 11.9 Å². The van der Waals surface area contributed by atoms with Crippen LogP contribution in [-0.4, -0.2) is 39.4 Å². The van der Waals surface area contributed by atoms with E-state index < -0.39 is 29.3 Å². The maximum Gasteiger partial charge on any atom is 0.270 e. The summed E-state index contributed by atoms with van der Waals surface area (Å²) in [5.41, 5.74) is -0.808. The zero-order chi connectivity index (χ0) is 21.9. The van der Waals surface area contributed by atoms with Crippen molar-refractivity contribution in [3.05, 3.63) is 63.2 Å². The van der Waals surface area contributed by atoms with E-state index >= 15 is 0 Å². The minimum absolute atomic E-state index is 0.0106. The summed E-state index contributed by atoms with van der Waals surface area (Å²) in [7, 11) is 0. The Hall–Kier alpha value is -3.39. The molecule has 10 nitrogen and oxygen atoms in total. The fraction of sp³-hybridized carbons (Fsp3) is 0.263. The summed E-state index contributed by atoms with van der Waals surface area (Å²) in [6.45, 7) is 0.969. The van der Waals surface area contributed by atoms with Gasteiger partial charge >= 0.3 is 0 Å². The van der Waals surface area contributed by atoms with Crippen molar-refractivity contribution in [3.8, 4) is 11.9 Å². The normalized spacial score (nSPS) is 23.0. The number of nitro groups is 1. The van der Waals surface area contributed by atoms with E-state index in [-0.39, 0.29) is 23.0 Å². The zero-order valence-electron chi connectivity index (χ0n) is 15.7. The average Bonchev–Trinajstić information content (AvgIpc) is 2.72. The molecule has 0 saturated heterocycles. The lowest BCUT2D eigenvalue weighted by Crippen LogP contribution is -2.53. The van der Waals surface area contributed by atoms with Gasteiger partial charge in [0.15, 0.2) is 11.8 Å². The summed E-state index contributed by atoms with van der Waals surface area (Å²) >= 11 is 5.88. The minimum Gasteiger partial charge on any atom is -0.482 e. The molecule has 30 heavy (non-hydrogen) atoms. The second-order valence-corrected chi connectivity index (χ2v) is 7.22. The molecule has 0 bridgehead atoms. The number of guanidine groups is 1. The van der Waals surface area contributed by atoms with Crippen LogP contribution in [0.1, 0.15) is 18.5 Å². The van der Waals surface area contributed by atoms with Crippen molar-refractivity contribution in [1.29, 1.82) is 5.26 Å². The summed E-state index contributed by atoms with van der Waals surface area (Å²) in [5.74, 6) is 0.225. The van der Waals surface area contributed by atoms with Crippen LogP contribution in [0.15, 0.2) is 47.5 Å². The van der Waals surface area contributed by atoms with Gasteiger partial charge in [0.1, 0.15) is 17.9 Å². The van der Waals surface area contributed by atoms with Crippen LogP contribution in [0.25, 0.3) is 0 Å². The standard InChI is InChI=1S/C19H18ClN5O5/c1-19(9-26)17(27)16(14-8-13(25(28)29)6-7-15(14)30-19)24-18(22-10-21)23-12-4-2-11(20)3-5-12/h2-8,16-17,26-27H,9H2,1H3,(H2,22,23,24)/t16-,17+,19-/m1/s1. The van der Waals surface area contributed by atoms with E-state index in [1.807, 2.05) is 0 Å². The number of benzene rings is 2. The number of aliphatic hydroxyl groups is 2. The highest BCUT2D eigenvalue weighted by Crippen LogP contribution is 2.43. The number of nitro benzene ring substituents is 1. The first-order valence-corrected chi connectivity index (χ1v) is 9.17. The molecule has 0 saturated carbocycles. The quantitative estimate of drug-likeness (QED) is 0.144. The lowest BCUT2D eigenvalue weighted by Gasteiger charge is -2.41. The molecule has 0 aromatic heterocycles. The van der Waals surface area contributed by atoms with Crippen molar-refractivity contribution in [1.82, 2.24) is 5.32 Å². The number of nitrogens with zero attached hydrogens (tertiary/aromatic N) is 3. The van der Waals surface area contributed by atoms with Crippen molar-refractivity contribution in [2.24, 2.45) is 4.99 Å². The van der Waals surface area contributed by atoms with Gasteiger partial charge in [-0.15, -0.1) is 0 Å². The Labute approximate surface area is 176 Å². The van der Waals surface area contributed by atoms with Crippen LogP contribution in [-0.2, 0) is 0 Å². The van der Waals surface area contributed by atoms with Gasteiger partial charge in [0.25, 0.3) is 5.69 Å². The highest BCUT2D eigenvalue weighted by molar-refractivity contribution is 6.30. The molecule has 3 atom stereocenters. The smallest absolute Gasteiger partial charge is 0.270 e. The molecule has 156 valence electrons. The minimum atomic E-state index is -1.41. The fourth-order valence-corrected chi connectivity index (χ4v) is 3.14. The van der Waals surface area contributed by atoms with Gasteiger partial charge in [-0.1, -0.05) is 11.6 Å². The Morgan fingerprint density at radius 3 is 2.70 bits per heavy atom. The van der Waals surface area contributed by atoms with E-state index in [1.165, 1.54) is 25.1 Å². The number of non-ortho nitro benzene ring substituents is 1. The van der Waals surface area contributed by atoms with E-state index in [4.69, 9.17) is 21.6 Å². The van der Waals surface area contributed by atoms with Gasteiger partial charge in [0.2, 0.25) is 5.96 Å². The predicted molar refractivity (Wildman–Crippen MR) is 109 cm³/mol. The maximum atomic E-state index is 11.2.